The number of fused-ring (bicyclic) bond motifs is 1. The summed E-state index contributed by atoms with van der Waals surface area (Å²) in [5, 5.41) is 0. The summed E-state index contributed by atoms with van der Waals surface area (Å²) in [6.45, 7) is 0. The van der Waals surface area contributed by atoms with Crippen molar-refractivity contribution in [3.8, 4) is 0 Å². The second kappa shape index (κ2) is 5.35. The lowest BCUT2D eigenvalue weighted by molar-refractivity contribution is 0.0984. The molecule has 3 rings (SSSR count). The molecule has 0 spiro atoms. The summed E-state index contributed by atoms with van der Waals surface area (Å²) < 4.78 is 40.0. The van der Waals surface area contributed by atoms with Crippen molar-refractivity contribution in [3.05, 3.63) is 70.0 Å². The van der Waals surface area contributed by atoms with Crippen LogP contribution in [0.1, 0.15) is 33.5 Å². The molecular weight excluding hydrogens is 277 g/mol. The van der Waals surface area contributed by atoms with Gasteiger partial charge in [0.25, 0.3) is 0 Å². The maximum absolute atomic E-state index is 13.6. The van der Waals surface area contributed by atoms with Gasteiger partial charge in [0, 0.05) is 18.6 Å². The van der Waals surface area contributed by atoms with Gasteiger partial charge in [-0.05, 0) is 36.0 Å². The number of Topliss-reactive ketones (excluding diaryl/α,β-unsaturated/α-hetero) is 1. The minimum absolute atomic E-state index is 0.0905. The molecule has 0 N–H and O–H groups in total. The highest BCUT2D eigenvalue weighted by Crippen LogP contribution is 2.24. The minimum Gasteiger partial charge on any atom is -0.294 e. The van der Waals surface area contributed by atoms with Gasteiger partial charge in [0.1, 0.15) is 17.5 Å². The summed E-state index contributed by atoms with van der Waals surface area (Å²) in [7, 11) is 0. The van der Waals surface area contributed by atoms with Crippen LogP contribution in [0.25, 0.3) is 0 Å². The largest absolute Gasteiger partial charge is 0.294 e. The van der Waals surface area contributed by atoms with Crippen molar-refractivity contribution in [1.29, 1.82) is 0 Å². The van der Waals surface area contributed by atoms with Crippen molar-refractivity contribution < 1.29 is 18.0 Å². The lowest BCUT2D eigenvalue weighted by atomic mass is 9.99. The van der Waals surface area contributed by atoms with Gasteiger partial charge in [-0.25, -0.2) is 13.2 Å². The lowest BCUT2D eigenvalue weighted by Crippen LogP contribution is -2.10. The van der Waals surface area contributed by atoms with E-state index in [9.17, 15) is 18.0 Å². The predicted octanol–water partition coefficient (Wildman–Crippen LogP) is 4.02. The van der Waals surface area contributed by atoms with Crippen LogP contribution in [0.4, 0.5) is 13.2 Å². The Morgan fingerprint density at radius 3 is 2.33 bits per heavy atom. The molecule has 1 aliphatic carbocycles. The van der Waals surface area contributed by atoms with Gasteiger partial charge in [0.05, 0.1) is 5.56 Å². The van der Waals surface area contributed by atoms with Gasteiger partial charge in [-0.3, -0.25) is 4.79 Å². The Kier molecular flexibility index (Phi) is 3.53. The van der Waals surface area contributed by atoms with E-state index in [-0.39, 0.29) is 6.42 Å². The highest BCUT2D eigenvalue weighted by molar-refractivity contribution is 5.98. The Bertz CT molecular complexity index is 699. The summed E-state index contributed by atoms with van der Waals surface area (Å²) in [4.78, 5) is 12.1. The molecule has 2 aromatic rings. The monoisotopic (exact) mass is 290 g/mol. The summed E-state index contributed by atoms with van der Waals surface area (Å²) in [6.07, 6.45) is 3.00. The van der Waals surface area contributed by atoms with Crippen LogP contribution in [0, 0.1) is 17.5 Å². The van der Waals surface area contributed by atoms with Gasteiger partial charge in [-0.15, -0.1) is 0 Å². The molecule has 0 radical (unpaired) electrons. The molecule has 0 saturated carbocycles. The fraction of sp³-hybridized carbons (Fsp3) is 0.235. The average Bonchev–Trinajstić information content (AvgIpc) is 2.84. The SMILES string of the molecule is O=C(Cc1ccc2c(c1)CCC2)c1c(F)cc(F)cc1F. The second-order valence-corrected chi connectivity index (χ2v) is 5.30. The smallest absolute Gasteiger partial charge is 0.173 e. The predicted molar refractivity (Wildman–Crippen MR) is 72.8 cm³/mol. The standard InChI is InChI=1S/C17H13F3O/c18-13-8-14(19)17(15(20)9-13)16(21)7-10-4-5-11-2-1-3-12(11)6-10/h4-6,8-9H,1-3,7H2. The van der Waals surface area contributed by atoms with Gasteiger partial charge >= 0.3 is 0 Å². The first-order valence-corrected chi connectivity index (χ1v) is 6.83. The summed E-state index contributed by atoms with van der Waals surface area (Å²) in [6, 6.07) is 6.74. The third-order valence-electron chi connectivity index (χ3n) is 3.81. The van der Waals surface area contributed by atoms with E-state index in [1.54, 1.807) is 6.07 Å². The Hall–Kier alpha value is -2.10. The van der Waals surface area contributed by atoms with Gasteiger partial charge < -0.3 is 0 Å². The molecule has 1 nitrogen and oxygen atoms in total. The van der Waals surface area contributed by atoms with Crippen LogP contribution < -0.4 is 0 Å². The first kappa shape index (κ1) is 13.9. The molecule has 21 heavy (non-hydrogen) atoms. The number of aryl methyl sites for hydroxylation is 2. The van der Waals surface area contributed by atoms with Crippen LogP contribution in [0.5, 0.6) is 0 Å². The van der Waals surface area contributed by atoms with Crippen molar-refractivity contribution in [2.45, 2.75) is 25.7 Å². The third kappa shape index (κ3) is 2.71. The Labute approximate surface area is 120 Å². The van der Waals surface area contributed by atoms with Crippen LogP contribution in [-0.4, -0.2) is 5.78 Å². The van der Waals surface area contributed by atoms with Crippen LogP contribution in [0.15, 0.2) is 30.3 Å². The highest BCUT2D eigenvalue weighted by Gasteiger charge is 2.20. The van der Waals surface area contributed by atoms with Crippen molar-refractivity contribution in [1.82, 2.24) is 0 Å². The van der Waals surface area contributed by atoms with Crippen LogP contribution in [-0.2, 0) is 19.3 Å². The fourth-order valence-electron chi connectivity index (χ4n) is 2.82. The zero-order valence-electron chi connectivity index (χ0n) is 11.3. The number of carbonyl (C=O) groups is 1. The Morgan fingerprint density at radius 2 is 1.62 bits per heavy atom. The summed E-state index contributed by atoms with van der Waals surface area (Å²) >= 11 is 0. The minimum atomic E-state index is -1.15. The number of halogens is 3. The molecule has 0 aliphatic heterocycles. The summed E-state index contributed by atoms with van der Waals surface area (Å²) in [5.41, 5.74) is 2.52. The maximum atomic E-state index is 13.6. The van der Waals surface area contributed by atoms with E-state index in [2.05, 4.69) is 0 Å². The van der Waals surface area contributed by atoms with Crippen LogP contribution >= 0.6 is 0 Å². The molecule has 0 bridgehead atoms. The maximum Gasteiger partial charge on any atom is 0.173 e. The highest BCUT2D eigenvalue weighted by atomic mass is 19.1. The molecule has 0 amide bonds. The van der Waals surface area contributed by atoms with Gasteiger partial charge in [-0.1, -0.05) is 18.2 Å². The zero-order valence-corrected chi connectivity index (χ0v) is 11.3. The molecule has 0 fully saturated rings. The number of carbonyl (C=O) groups excluding carboxylic acids is 1. The van der Waals surface area contributed by atoms with Gasteiger partial charge in [0.15, 0.2) is 5.78 Å². The molecule has 0 unspecified atom stereocenters. The molecule has 1 aliphatic rings. The third-order valence-corrected chi connectivity index (χ3v) is 3.81. The quantitative estimate of drug-likeness (QED) is 0.780. The molecule has 2 aromatic carbocycles. The van der Waals surface area contributed by atoms with E-state index >= 15 is 0 Å². The molecule has 108 valence electrons. The second-order valence-electron chi connectivity index (χ2n) is 5.30. The van der Waals surface area contributed by atoms with Crippen molar-refractivity contribution >= 4 is 5.78 Å². The van der Waals surface area contributed by atoms with E-state index in [0.717, 1.165) is 24.8 Å². The first-order valence-electron chi connectivity index (χ1n) is 6.83. The molecule has 0 saturated heterocycles. The molecule has 0 atom stereocenters. The Morgan fingerprint density at radius 1 is 0.952 bits per heavy atom. The number of ketones is 1. The van der Waals surface area contributed by atoms with Gasteiger partial charge in [-0.2, -0.15) is 0 Å². The molecular formula is C17H13F3O. The number of hydrogen-bond acceptors (Lipinski definition) is 1. The zero-order chi connectivity index (χ0) is 15.0. The molecule has 0 heterocycles. The number of rotatable bonds is 3. The molecule has 4 heteroatoms. The summed E-state index contributed by atoms with van der Waals surface area (Å²) in [5.74, 6) is -4.01. The lowest BCUT2D eigenvalue weighted by Gasteiger charge is -2.07. The first-order chi connectivity index (χ1) is 10.0. The van der Waals surface area contributed by atoms with E-state index in [1.165, 1.54) is 11.1 Å². The Balaban J connectivity index is 1.87. The van der Waals surface area contributed by atoms with Crippen LogP contribution in [0.3, 0.4) is 0 Å². The van der Waals surface area contributed by atoms with E-state index < -0.39 is 28.8 Å². The van der Waals surface area contributed by atoms with Crippen molar-refractivity contribution in [3.63, 3.8) is 0 Å². The normalized spacial score (nSPS) is 13.3. The topological polar surface area (TPSA) is 17.1 Å². The number of hydrogen-bond donors (Lipinski definition) is 0. The van der Waals surface area contributed by atoms with E-state index in [4.69, 9.17) is 0 Å². The van der Waals surface area contributed by atoms with Crippen molar-refractivity contribution in [2.75, 3.05) is 0 Å². The van der Waals surface area contributed by atoms with E-state index in [0.29, 0.717) is 12.1 Å². The number of benzene rings is 2. The molecule has 0 aromatic heterocycles. The average molecular weight is 290 g/mol. The van der Waals surface area contributed by atoms with Crippen molar-refractivity contribution in [2.24, 2.45) is 0 Å². The fourth-order valence-corrected chi connectivity index (χ4v) is 2.82. The van der Waals surface area contributed by atoms with E-state index in [1.807, 2.05) is 12.1 Å². The van der Waals surface area contributed by atoms with Crippen LogP contribution in [0.2, 0.25) is 0 Å². The van der Waals surface area contributed by atoms with Gasteiger partial charge in [0.2, 0.25) is 0 Å².